The van der Waals surface area contributed by atoms with Crippen molar-refractivity contribution in [3.63, 3.8) is 0 Å². The monoisotopic (exact) mass is 280 g/mol. The molecule has 108 valence electrons. The Bertz CT molecular complexity index is 671. The van der Waals surface area contributed by atoms with Crippen molar-refractivity contribution in [1.82, 2.24) is 5.10 Å². The molecule has 1 aromatic heterocycles. The number of carbonyl (C=O) groups excluding carboxylic acids is 1. The Balaban J connectivity index is 2.32. The summed E-state index contributed by atoms with van der Waals surface area (Å²) < 4.78 is 20.9. The number of amides is 1. The van der Waals surface area contributed by atoms with Crippen LogP contribution in [-0.2, 0) is 11.8 Å². The molecule has 0 saturated heterocycles. The van der Waals surface area contributed by atoms with Crippen molar-refractivity contribution >= 4 is 22.7 Å². The van der Waals surface area contributed by atoms with Gasteiger partial charge in [-0.25, -0.2) is 9.18 Å². The molecule has 5 nitrogen and oxygen atoms in total. The number of rotatable bonds is 1. The molecule has 1 aromatic carbocycles. The molecule has 1 amide bonds. The van der Waals surface area contributed by atoms with Gasteiger partial charge in [-0.3, -0.25) is 5.32 Å². The molecule has 0 bridgehead atoms. The van der Waals surface area contributed by atoms with Gasteiger partial charge < -0.3 is 4.74 Å². The Labute approximate surface area is 116 Å². The van der Waals surface area contributed by atoms with Crippen molar-refractivity contribution in [2.75, 3.05) is 5.32 Å². The molecule has 2 rings (SSSR count). The first-order chi connectivity index (χ1) is 9.17. The summed E-state index contributed by atoms with van der Waals surface area (Å²) in [4.78, 5) is 11.7. The van der Waals surface area contributed by atoms with Crippen LogP contribution >= 0.6 is 0 Å². The number of nitrogens with zero attached hydrogens (tertiary/aromatic N) is 1. The van der Waals surface area contributed by atoms with Gasteiger partial charge >= 0.3 is 6.09 Å². The number of nitrogens with one attached hydrogen (secondary N) is 2. The highest BCUT2D eigenvalue weighted by atomic mass is 19.1. The molecule has 0 fully saturated rings. The van der Waals surface area contributed by atoms with Crippen molar-refractivity contribution in [2.24, 2.45) is 7.05 Å². The largest absolute Gasteiger partial charge is 0.444 e. The summed E-state index contributed by atoms with van der Waals surface area (Å²) in [5.74, 6) is -0.419. The number of aromatic amines is 1. The highest BCUT2D eigenvalue weighted by Gasteiger charge is 2.19. The molecule has 2 aromatic rings. The van der Waals surface area contributed by atoms with E-state index in [1.165, 1.54) is 6.07 Å². The molecule has 0 spiro atoms. The van der Waals surface area contributed by atoms with Crippen LogP contribution in [0.4, 0.5) is 14.9 Å². The maximum absolute atomic E-state index is 14.0. The van der Waals surface area contributed by atoms with E-state index >= 15 is 0 Å². The van der Waals surface area contributed by atoms with Gasteiger partial charge in [0.05, 0.1) is 5.39 Å². The third-order valence-electron chi connectivity index (χ3n) is 2.91. The van der Waals surface area contributed by atoms with Crippen molar-refractivity contribution in [3.05, 3.63) is 23.6 Å². The predicted molar refractivity (Wildman–Crippen MR) is 74.0 cm³/mol. The van der Waals surface area contributed by atoms with E-state index in [2.05, 4.69) is 10.4 Å². The fourth-order valence-electron chi connectivity index (χ4n) is 1.93. The van der Waals surface area contributed by atoms with Gasteiger partial charge in [0.2, 0.25) is 5.69 Å². The van der Waals surface area contributed by atoms with Crippen LogP contribution in [0.2, 0.25) is 0 Å². The smallest absolute Gasteiger partial charge is 0.412 e. The summed E-state index contributed by atoms with van der Waals surface area (Å²) in [6.45, 7) is 7.18. The number of benzene rings is 1. The van der Waals surface area contributed by atoms with Crippen molar-refractivity contribution in [2.45, 2.75) is 33.3 Å². The minimum Gasteiger partial charge on any atom is -0.444 e. The van der Waals surface area contributed by atoms with Gasteiger partial charge in [-0.2, -0.15) is 5.10 Å². The average molecular weight is 280 g/mol. The normalized spacial score (nSPS) is 11.7. The molecule has 0 saturated carbocycles. The van der Waals surface area contributed by atoms with E-state index in [0.29, 0.717) is 11.2 Å². The first-order valence-electron chi connectivity index (χ1n) is 6.35. The number of carbonyl (C=O) groups is 1. The Hall–Kier alpha value is -2.11. The average Bonchev–Trinajstić information content (AvgIpc) is 2.54. The molecular weight excluding hydrogens is 261 g/mol. The van der Waals surface area contributed by atoms with Gasteiger partial charge in [0.1, 0.15) is 11.1 Å². The quantitative estimate of drug-likeness (QED) is 0.789. The molecule has 0 aliphatic heterocycles. The lowest BCUT2D eigenvalue weighted by molar-refractivity contribution is -0.730. The number of H-pyrrole nitrogens is 1. The van der Waals surface area contributed by atoms with Gasteiger partial charge in [0.25, 0.3) is 0 Å². The summed E-state index contributed by atoms with van der Waals surface area (Å²) in [6, 6.07) is 2.98. The summed E-state index contributed by atoms with van der Waals surface area (Å²) >= 11 is 0. The first kappa shape index (κ1) is 14.3. The summed E-state index contributed by atoms with van der Waals surface area (Å²) in [7, 11) is 1.80. The standard InChI is InChI=1S/C14H18FN3O2/c1-8-10-6-9(16-13(19)20-14(2,3)4)7-11(15)12(10)17-18(8)5/h6-7H,1-5H3,(H,16,19)/p+1. The number of hydrogen-bond donors (Lipinski definition) is 2. The Morgan fingerprint density at radius 2 is 2.05 bits per heavy atom. The van der Waals surface area contributed by atoms with Gasteiger partial charge in [-0.15, -0.1) is 4.68 Å². The maximum atomic E-state index is 14.0. The number of hydrogen-bond acceptors (Lipinski definition) is 2. The van der Waals surface area contributed by atoms with Crippen LogP contribution in [0, 0.1) is 12.7 Å². The highest BCUT2D eigenvalue weighted by molar-refractivity contribution is 5.90. The Kier molecular flexibility index (Phi) is 3.41. The SMILES string of the molecule is Cc1c2cc(NC(=O)OC(C)(C)C)cc(F)c2[nH][n+]1C. The van der Waals surface area contributed by atoms with Crippen LogP contribution in [0.15, 0.2) is 12.1 Å². The van der Waals surface area contributed by atoms with Crippen LogP contribution in [0.5, 0.6) is 0 Å². The summed E-state index contributed by atoms with van der Waals surface area (Å²) in [5, 5.41) is 6.18. The van der Waals surface area contributed by atoms with E-state index in [1.807, 2.05) is 6.92 Å². The second-order valence-corrected chi connectivity index (χ2v) is 5.76. The molecule has 0 radical (unpaired) electrons. The molecular formula is C14H19FN3O2+. The van der Waals surface area contributed by atoms with Crippen molar-refractivity contribution in [3.8, 4) is 0 Å². The Morgan fingerprint density at radius 1 is 1.40 bits per heavy atom. The molecule has 0 unspecified atom stereocenters. The fourth-order valence-corrected chi connectivity index (χ4v) is 1.93. The highest BCUT2D eigenvalue weighted by Crippen LogP contribution is 2.23. The van der Waals surface area contributed by atoms with E-state index in [0.717, 1.165) is 11.1 Å². The minimum absolute atomic E-state index is 0.368. The van der Waals surface area contributed by atoms with Gasteiger partial charge in [0, 0.05) is 12.6 Å². The molecule has 2 N–H and O–H groups in total. The van der Waals surface area contributed by atoms with Crippen LogP contribution in [0.3, 0.4) is 0 Å². The third kappa shape index (κ3) is 2.89. The van der Waals surface area contributed by atoms with Crippen LogP contribution in [-0.4, -0.2) is 16.8 Å². The van der Waals surface area contributed by atoms with Gasteiger partial charge in [-0.05, 0) is 32.9 Å². The zero-order chi connectivity index (χ0) is 15.1. The third-order valence-corrected chi connectivity index (χ3v) is 2.91. The maximum Gasteiger partial charge on any atom is 0.412 e. The Morgan fingerprint density at radius 3 is 2.65 bits per heavy atom. The summed E-state index contributed by atoms with van der Waals surface area (Å²) in [5.41, 5.74) is 1.07. The van der Waals surface area contributed by atoms with E-state index in [1.54, 1.807) is 38.6 Å². The van der Waals surface area contributed by atoms with Crippen molar-refractivity contribution < 1.29 is 18.6 Å². The van der Waals surface area contributed by atoms with E-state index < -0.39 is 17.5 Å². The second kappa shape index (κ2) is 4.77. The van der Waals surface area contributed by atoms with E-state index in [4.69, 9.17) is 4.74 Å². The number of fused-ring (bicyclic) bond motifs is 1. The molecule has 0 atom stereocenters. The van der Waals surface area contributed by atoms with Gasteiger partial charge in [0.15, 0.2) is 12.9 Å². The molecule has 20 heavy (non-hydrogen) atoms. The van der Waals surface area contributed by atoms with E-state index in [-0.39, 0.29) is 0 Å². The van der Waals surface area contributed by atoms with E-state index in [9.17, 15) is 9.18 Å². The second-order valence-electron chi connectivity index (χ2n) is 5.76. The first-order valence-corrected chi connectivity index (χ1v) is 6.35. The lowest BCUT2D eigenvalue weighted by atomic mass is 10.2. The zero-order valence-electron chi connectivity index (χ0n) is 12.3. The molecule has 6 heteroatoms. The van der Waals surface area contributed by atoms with Gasteiger partial charge in [-0.1, -0.05) is 0 Å². The minimum atomic E-state index is -0.603. The summed E-state index contributed by atoms with van der Waals surface area (Å²) in [6.07, 6.45) is -0.603. The lowest BCUT2D eigenvalue weighted by Gasteiger charge is -2.19. The number of aromatic nitrogens is 2. The number of anilines is 1. The number of halogens is 1. The van der Waals surface area contributed by atoms with Crippen molar-refractivity contribution in [1.29, 1.82) is 0 Å². The molecule has 1 heterocycles. The van der Waals surface area contributed by atoms with Crippen LogP contribution in [0.1, 0.15) is 26.5 Å². The predicted octanol–water partition coefficient (Wildman–Crippen LogP) is 2.79. The lowest BCUT2D eigenvalue weighted by Crippen LogP contribution is -2.32. The number of ether oxygens (including phenoxy) is 1. The topological polar surface area (TPSA) is 58.0 Å². The zero-order valence-corrected chi connectivity index (χ0v) is 12.3. The number of aryl methyl sites for hydroxylation is 2. The molecule has 0 aliphatic rings. The van der Waals surface area contributed by atoms with Crippen LogP contribution < -0.4 is 10.00 Å². The van der Waals surface area contributed by atoms with Crippen LogP contribution in [0.25, 0.3) is 10.9 Å². The molecule has 0 aliphatic carbocycles. The fraction of sp³-hybridized carbons (Fsp3) is 0.429.